The quantitative estimate of drug-likeness (QED) is 0.0635. The number of carbonyl (C=O) groups excluding carboxylic acids is 2. The van der Waals surface area contributed by atoms with Gasteiger partial charge in [-0.05, 0) is 77.0 Å². The second-order valence-electron chi connectivity index (χ2n) is 10.00. The van der Waals surface area contributed by atoms with E-state index in [1.165, 1.54) is 103 Å². The molecular formula is C32H58CaO4. The molecule has 0 atom stereocenters. The number of allylic oxidation sites excluding steroid dienone is 4. The Morgan fingerprint density at radius 1 is 0.432 bits per heavy atom. The van der Waals surface area contributed by atoms with Gasteiger partial charge in [0, 0.05) is 11.9 Å². The third-order valence-corrected chi connectivity index (χ3v) is 6.29. The maximum Gasteiger partial charge on any atom is 2.00 e. The molecule has 0 saturated carbocycles. The molecule has 0 aromatic rings. The van der Waals surface area contributed by atoms with Crippen molar-refractivity contribution in [3.63, 3.8) is 0 Å². The molecule has 0 aliphatic carbocycles. The second-order valence-corrected chi connectivity index (χ2v) is 10.00. The van der Waals surface area contributed by atoms with Crippen LogP contribution in [0.3, 0.4) is 0 Å². The van der Waals surface area contributed by atoms with E-state index in [1.54, 1.807) is 0 Å². The number of hydrogen-bond acceptors (Lipinski definition) is 4. The Labute approximate surface area is 260 Å². The van der Waals surface area contributed by atoms with Crippen molar-refractivity contribution in [1.82, 2.24) is 0 Å². The largest absolute Gasteiger partial charge is 2.00 e. The SMILES string of the molecule is CCCCCCCCC/C=C\CCCCC(=O)[O-].CCCCCCCCC/C=C\CCCCC(=O)[O-].[Ca+2]. The maximum absolute atomic E-state index is 10.2. The summed E-state index contributed by atoms with van der Waals surface area (Å²) in [5.74, 6) is -1.86. The molecule has 0 rings (SSSR count). The zero-order valence-corrected chi connectivity index (χ0v) is 26.8. The molecule has 37 heavy (non-hydrogen) atoms. The predicted molar refractivity (Wildman–Crippen MR) is 156 cm³/mol. The van der Waals surface area contributed by atoms with Crippen molar-refractivity contribution in [2.45, 2.75) is 168 Å². The molecule has 0 aromatic carbocycles. The van der Waals surface area contributed by atoms with E-state index in [2.05, 4.69) is 38.2 Å². The number of hydrogen-bond donors (Lipinski definition) is 0. The molecule has 212 valence electrons. The maximum atomic E-state index is 10.2. The summed E-state index contributed by atoms with van der Waals surface area (Å²) < 4.78 is 0. The summed E-state index contributed by atoms with van der Waals surface area (Å²) in [7, 11) is 0. The molecule has 5 heteroatoms. The fraction of sp³-hybridized carbons (Fsp3) is 0.812. The van der Waals surface area contributed by atoms with Gasteiger partial charge in [-0.2, -0.15) is 0 Å². The molecule has 0 fully saturated rings. The minimum Gasteiger partial charge on any atom is -0.550 e. The summed E-state index contributed by atoms with van der Waals surface area (Å²) in [6, 6.07) is 0. The molecule has 0 unspecified atom stereocenters. The summed E-state index contributed by atoms with van der Waals surface area (Å²) in [5, 5.41) is 20.3. The van der Waals surface area contributed by atoms with Crippen molar-refractivity contribution < 1.29 is 19.8 Å². The Bertz CT molecular complexity index is 471. The topological polar surface area (TPSA) is 80.3 Å². The minimum absolute atomic E-state index is 0. The van der Waals surface area contributed by atoms with Gasteiger partial charge in [0.05, 0.1) is 0 Å². The molecule has 0 radical (unpaired) electrons. The normalized spacial score (nSPS) is 10.9. The van der Waals surface area contributed by atoms with Crippen molar-refractivity contribution in [2.75, 3.05) is 0 Å². The number of unbranched alkanes of at least 4 members (excludes halogenated alkanes) is 18. The smallest absolute Gasteiger partial charge is 0.550 e. The molecule has 4 nitrogen and oxygen atoms in total. The number of carboxylic acid groups (broad SMARTS) is 2. The van der Waals surface area contributed by atoms with Gasteiger partial charge in [-0.1, -0.05) is 115 Å². The Kier molecular flexibility index (Phi) is 42.1. The third kappa shape index (κ3) is 45.9. The molecule has 0 amide bonds. The molecule has 0 saturated heterocycles. The van der Waals surface area contributed by atoms with Gasteiger partial charge in [0.2, 0.25) is 0 Å². The molecule has 0 spiro atoms. The van der Waals surface area contributed by atoms with Crippen LogP contribution < -0.4 is 10.2 Å². The molecule has 0 heterocycles. The molecule has 0 aliphatic rings. The molecule has 0 bridgehead atoms. The van der Waals surface area contributed by atoms with Crippen LogP contribution in [-0.2, 0) is 9.59 Å². The van der Waals surface area contributed by atoms with Gasteiger partial charge >= 0.3 is 37.7 Å². The van der Waals surface area contributed by atoms with Crippen LogP contribution in [0.15, 0.2) is 24.3 Å². The van der Waals surface area contributed by atoms with E-state index < -0.39 is 11.9 Å². The summed E-state index contributed by atoms with van der Waals surface area (Å²) in [6.07, 6.45) is 36.0. The summed E-state index contributed by atoms with van der Waals surface area (Å²) in [5.41, 5.74) is 0. The van der Waals surface area contributed by atoms with Crippen molar-refractivity contribution in [3.8, 4) is 0 Å². The molecular weight excluding hydrogens is 488 g/mol. The summed E-state index contributed by atoms with van der Waals surface area (Å²) in [6.45, 7) is 4.50. The first-order chi connectivity index (χ1) is 17.5. The second kappa shape index (κ2) is 37.8. The fourth-order valence-corrected chi connectivity index (χ4v) is 3.97. The standard InChI is InChI=1S/2C16H30O2.Ca/c2*1-2-3-4-5-6-7-8-9-10-11-12-13-14-15-16(17)18;/h2*10-11H,2-9,12-15H2,1H3,(H,17,18);/q;;+2/p-2/b2*11-10-;. The van der Waals surface area contributed by atoms with Gasteiger partial charge in [-0.25, -0.2) is 0 Å². The van der Waals surface area contributed by atoms with Gasteiger partial charge in [0.15, 0.2) is 0 Å². The van der Waals surface area contributed by atoms with Gasteiger partial charge in [0.1, 0.15) is 0 Å². The minimum atomic E-state index is -0.929. The van der Waals surface area contributed by atoms with Crippen LogP contribution in [0.5, 0.6) is 0 Å². The van der Waals surface area contributed by atoms with Crippen molar-refractivity contribution in [1.29, 1.82) is 0 Å². The van der Waals surface area contributed by atoms with E-state index in [0.29, 0.717) is 0 Å². The average molecular weight is 547 g/mol. The van der Waals surface area contributed by atoms with Crippen LogP contribution in [0, 0.1) is 0 Å². The van der Waals surface area contributed by atoms with Gasteiger partial charge in [0.25, 0.3) is 0 Å². The Balaban J connectivity index is -0.000000608. The Morgan fingerprint density at radius 2 is 0.676 bits per heavy atom. The third-order valence-electron chi connectivity index (χ3n) is 6.29. The van der Waals surface area contributed by atoms with Gasteiger partial charge in [-0.15, -0.1) is 0 Å². The van der Waals surface area contributed by atoms with Crippen LogP contribution >= 0.6 is 0 Å². The summed E-state index contributed by atoms with van der Waals surface area (Å²) in [4.78, 5) is 20.3. The zero-order valence-electron chi connectivity index (χ0n) is 24.6. The van der Waals surface area contributed by atoms with Crippen molar-refractivity contribution in [3.05, 3.63) is 24.3 Å². The van der Waals surface area contributed by atoms with E-state index in [0.717, 1.165) is 38.5 Å². The summed E-state index contributed by atoms with van der Waals surface area (Å²) >= 11 is 0. The van der Waals surface area contributed by atoms with E-state index in [-0.39, 0.29) is 50.6 Å². The van der Waals surface area contributed by atoms with Crippen LogP contribution in [0.4, 0.5) is 0 Å². The average Bonchev–Trinajstić information content (AvgIpc) is 2.85. The fourth-order valence-electron chi connectivity index (χ4n) is 3.97. The molecule has 0 aliphatic heterocycles. The van der Waals surface area contributed by atoms with Crippen molar-refractivity contribution in [2.24, 2.45) is 0 Å². The monoisotopic (exact) mass is 546 g/mol. The number of carbonyl (C=O) groups is 2. The zero-order chi connectivity index (χ0) is 27.0. The first-order valence-corrected chi connectivity index (χ1v) is 15.2. The van der Waals surface area contributed by atoms with Crippen molar-refractivity contribution >= 4 is 49.7 Å². The van der Waals surface area contributed by atoms with Crippen LogP contribution in [0.2, 0.25) is 0 Å². The van der Waals surface area contributed by atoms with Gasteiger partial charge < -0.3 is 19.8 Å². The van der Waals surface area contributed by atoms with Crippen LogP contribution in [-0.4, -0.2) is 49.7 Å². The van der Waals surface area contributed by atoms with Crippen LogP contribution in [0.25, 0.3) is 0 Å². The van der Waals surface area contributed by atoms with E-state index >= 15 is 0 Å². The number of aliphatic carboxylic acids is 2. The first kappa shape index (κ1) is 41.2. The number of carboxylic acids is 2. The predicted octanol–water partition coefficient (Wildman–Crippen LogP) is 7.61. The first-order valence-electron chi connectivity index (χ1n) is 15.2. The Morgan fingerprint density at radius 3 is 0.946 bits per heavy atom. The van der Waals surface area contributed by atoms with E-state index in [9.17, 15) is 19.8 Å². The number of rotatable bonds is 26. The van der Waals surface area contributed by atoms with E-state index in [4.69, 9.17) is 0 Å². The molecule has 0 N–H and O–H groups in total. The molecule has 0 aromatic heterocycles. The van der Waals surface area contributed by atoms with E-state index in [1.807, 2.05) is 0 Å². The van der Waals surface area contributed by atoms with Crippen LogP contribution in [0.1, 0.15) is 168 Å². The van der Waals surface area contributed by atoms with Gasteiger partial charge in [-0.3, -0.25) is 0 Å². The Hall–Kier alpha value is -0.320.